The molecule has 4 aromatic rings. The van der Waals surface area contributed by atoms with Gasteiger partial charge >= 0.3 is 11.8 Å². The van der Waals surface area contributed by atoms with Crippen molar-refractivity contribution in [1.29, 1.82) is 0 Å². The van der Waals surface area contributed by atoms with Crippen LogP contribution in [0, 0.1) is 23.1 Å². The Morgan fingerprint density at radius 3 is 2.37 bits per heavy atom. The maximum Gasteiger partial charge on any atom is 0.410 e. The minimum Gasteiger partial charge on any atom is -0.475 e. The Morgan fingerprint density at radius 1 is 1.02 bits per heavy atom. The second-order valence-corrected chi connectivity index (χ2v) is 23.1. The number of halogens is 2. The lowest BCUT2D eigenvalue weighted by molar-refractivity contribution is 0.00539. The smallest absolute Gasteiger partial charge is 0.410 e. The summed E-state index contributed by atoms with van der Waals surface area (Å²) < 4.78 is 58.5. The highest BCUT2D eigenvalue weighted by molar-refractivity contribution is 6.90. The van der Waals surface area contributed by atoms with Crippen molar-refractivity contribution < 1.29 is 32.5 Å². The van der Waals surface area contributed by atoms with Crippen LogP contribution in [0.4, 0.5) is 19.4 Å². The van der Waals surface area contributed by atoms with Gasteiger partial charge in [0.25, 0.3) is 0 Å². The molecule has 57 heavy (non-hydrogen) atoms. The summed E-state index contributed by atoms with van der Waals surface area (Å²) in [7, 11) is 0.618. The van der Waals surface area contributed by atoms with Crippen LogP contribution in [0.3, 0.4) is 0 Å². The van der Waals surface area contributed by atoms with Crippen molar-refractivity contribution in [3.8, 4) is 34.4 Å². The molecule has 3 aliphatic heterocycles. The number of pyridine rings is 1. The number of anilines is 1. The first kappa shape index (κ1) is 40.5. The zero-order valence-corrected chi connectivity index (χ0v) is 35.8. The third kappa shape index (κ3) is 6.80. The second-order valence-electron chi connectivity index (χ2n) is 17.5. The van der Waals surface area contributed by atoms with Crippen LogP contribution in [0.1, 0.15) is 80.7 Å². The number of ether oxygens (including phenoxy) is 4. The van der Waals surface area contributed by atoms with E-state index in [-0.39, 0.29) is 64.9 Å². The molecule has 2 aromatic carbocycles. The quantitative estimate of drug-likeness (QED) is 0.104. The fourth-order valence-electron chi connectivity index (χ4n) is 9.64. The number of amides is 1. The number of nitrogens with zero attached hydrogens (tertiary/aromatic N) is 5. The molecule has 2 aromatic heterocycles. The molecule has 2 bridgehead atoms. The fraction of sp³-hybridized carbons (Fsp3) is 0.535. The maximum atomic E-state index is 17.6. The Morgan fingerprint density at radius 2 is 1.72 bits per heavy atom. The summed E-state index contributed by atoms with van der Waals surface area (Å²) in [6.07, 6.45) is 1.01. The number of fused-ring (bicyclic) bond motifs is 6. The number of carbonyl (C=O) groups excluding carboxylic acids is 1. The van der Waals surface area contributed by atoms with E-state index in [2.05, 4.69) is 58.0 Å². The molecule has 3 unspecified atom stereocenters. The zero-order chi connectivity index (χ0) is 41.3. The number of hydrogen-bond acceptors (Lipinski definition) is 9. The molecule has 2 saturated heterocycles. The molecule has 0 saturated carbocycles. The molecule has 2 fully saturated rings. The van der Waals surface area contributed by atoms with Crippen molar-refractivity contribution in [2.45, 2.75) is 116 Å². The van der Waals surface area contributed by atoms with Gasteiger partial charge in [-0.05, 0) is 73.8 Å². The van der Waals surface area contributed by atoms with Gasteiger partial charge in [0, 0.05) is 31.7 Å². The molecule has 3 aliphatic rings. The van der Waals surface area contributed by atoms with Gasteiger partial charge in [-0.2, -0.15) is 4.98 Å². The lowest BCUT2D eigenvalue weighted by Crippen LogP contribution is -2.63. The van der Waals surface area contributed by atoms with E-state index in [1.165, 1.54) is 20.2 Å². The van der Waals surface area contributed by atoms with E-state index in [0.29, 0.717) is 46.1 Å². The highest BCUT2D eigenvalue weighted by Crippen LogP contribution is 2.46. The Balaban J connectivity index is 1.46. The molecule has 1 amide bonds. The molecule has 0 spiro atoms. The van der Waals surface area contributed by atoms with Gasteiger partial charge in [0.1, 0.15) is 48.7 Å². The lowest BCUT2D eigenvalue weighted by Gasteiger charge is -2.46. The van der Waals surface area contributed by atoms with Crippen molar-refractivity contribution >= 4 is 41.7 Å². The Kier molecular flexibility index (Phi) is 10.6. The van der Waals surface area contributed by atoms with Gasteiger partial charge in [-0.25, -0.2) is 23.4 Å². The van der Waals surface area contributed by atoms with Crippen LogP contribution < -0.4 is 20.1 Å². The van der Waals surface area contributed by atoms with Crippen LogP contribution in [-0.2, 0) is 16.5 Å². The summed E-state index contributed by atoms with van der Waals surface area (Å²) in [5.41, 5.74) is 3.30. The summed E-state index contributed by atoms with van der Waals surface area (Å²) in [5, 5.41) is 1.16. The van der Waals surface area contributed by atoms with Crippen LogP contribution in [-0.4, -0.2) is 84.4 Å². The molecule has 0 radical (unpaired) electrons. The van der Waals surface area contributed by atoms with E-state index in [0.717, 1.165) is 11.0 Å². The fourth-order valence-corrected chi connectivity index (χ4v) is 14.8. The van der Waals surface area contributed by atoms with Crippen molar-refractivity contribution in [3.63, 3.8) is 0 Å². The van der Waals surface area contributed by atoms with Gasteiger partial charge in [-0.3, -0.25) is 9.47 Å². The molecular formula is C43H53F2N5O6Si. The first-order chi connectivity index (χ1) is 26.9. The number of methoxy groups -OCH3 is 1. The molecular weight excluding hydrogens is 749 g/mol. The topological polar surface area (TPSA) is 108 Å². The minimum atomic E-state index is -2.33. The van der Waals surface area contributed by atoms with E-state index in [1.807, 2.05) is 25.7 Å². The first-order valence-corrected chi connectivity index (χ1v) is 22.0. The predicted octanol–water partition coefficient (Wildman–Crippen LogP) is 8.33. The Bertz CT molecular complexity index is 2360. The summed E-state index contributed by atoms with van der Waals surface area (Å²) in [6, 6.07) is 5.39. The minimum absolute atomic E-state index is 0.0567. The standard InChI is InChI=1S/C43H53F2N5O6Si/c1-23(2)57(24(3)4,25(5)6)17-16-29-31(44)14-12-26-18-28(55-22-53-11)19-30(34(26)29)37-36(45)38-35-39(47-41(51)48(38)10)49-20-27-13-15-32(33(49)21-54-40(35)46-37)50(27)42(52)56-43(7,8)9/h12,14,18-19,23-25,27,32-33H,13,15,20-22H2,1-11H3. The third-order valence-corrected chi connectivity index (χ3v) is 18.4. The zero-order valence-electron chi connectivity index (χ0n) is 34.8. The molecule has 0 N–H and O–H groups in total. The average Bonchev–Trinajstić information content (AvgIpc) is 3.37. The summed E-state index contributed by atoms with van der Waals surface area (Å²) in [4.78, 5) is 40.3. The number of carbonyl (C=O) groups is 1. The molecule has 304 valence electrons. The lowest BCUT2D eigenvalue weighted by atomic mass is 9.95. The summed E-state index contributed by atoms with van der Waals surface area (Å²) >= 11 is 0. The molecule has 0 aliphatic carbocycles. The van der Waals surface area contributed by atoms with Crippen LogP contribution >= 0.6 is 0 Å². The van der Waals surface area contributed by atoms with E-state index in [4.69, 9.17) is 23.9 Å². The van der Waals surface area contributed by atoms with Crippen molar-refractivity contribution in [2.24, 2.45) is 7.05 Å². The Labute approximate surface area is 333 Å². The second kappa shape index (κ2) is 14.9. The largest absolute Gasteiger partial charge is 0.475 e. The SMILES string of the molecule is COCOc1cc(-c2nc3c4c(nc(=O)n(C)c4c2F)N2CC4CCC(C2CO3)N4C(=O)OC(C)(C)C)c2c(C#C[Si](C(C)C)(C(C)C)C(C)C)c(F)ccc2c1. The number of rotatable bonds is 7. The molecule has 3 atom stereocenters. The number of hydrogen-bond donors (Lipinski definition) is 0. The number of benzene rings is 2. The maximum absolute atomic E-state index is 17.6. The van der Waals surface area contributed by atoms with E-state index >= 15 is 8.78 Å². The van der Waals surface area contributed by atoms with Crippen molar-refractivity contribution in [2.75, 3.05) is 32.0 Å². The molecule has 7 rings (SSSR count). The van der Waals surface area contributed by atoms with Gasteiger partial charge in [0.2, 0.25) is 5.88 Å². The predicted molar refractivity (Wildman–Crippen MR) is 220 cm³/mol. The van der Waals surface area contributed by atoms with Crippen LogP contribution in [0.15, 0.2) is 29.1 Å². The number of aromatic nitrogens is 3. The van der Waals surface area contributed by atoms with Gasteiger partial charge in [0.15, 0.2) is 12.6 Å². The van der Waals surface area contributed by atoms with Gasteiger partial charge in [0.05, 0.1) is 29.2 Å². The highest BCUT2D eigenvalue weighted by atomic mass is 28.3. The molecule has 5 heterocycles. The van der Waals surface area contributed by atoms with Gasteiger partial charge in [-0.15, -0.1) is 5.54 Å². The molecule has 14 heteroatoms. The van der Waals surface area contributed by atoms with Crippen LogP contribution in [0.25, 0.3) is 32.9 Å². The van der Waals surface area contributed by atoms with Crippen LogP contribution in [0.5, 0.6) is 11.6 Å². The Hall–Kier alpha value is -4.74. The summed E-state index contributed by atoms with van der Waals surface area (Å²) in [6.45, 7) is 19.0. The van der Waals surface area contributed by atoms with E-state index in [1.54, 1.807) is 23.1 Å². The van der Waals surface area contributed by atoms with Crippen molar-refractivity contribution in [1.82, 2.24) is 19.4 Å². The first-order valence-electron chi connectivity index (χ1n) is 19.8. The number of piperazine rings is 1. The number of aryl methyl sites for hydroxylation is 1. The average molecular weight is 802 g/mol. The van der Waals surface area contributed by atoms with Gasteiger partial charge in [-0.1, -0.05) is 53.5 Å². The monoisotopic (exact) mass is 801 g/mol. The molecule has 11 nitrogen and oxygen atoms in total. The summed E-state index contributed by atoms with van der Waals surface area (Å²) in [5.74, 6) is 2.61. The highest BCUT2D eigenvalue weighted by Gasteiger charge is 2.52. The van der Waals surface area contributed by atoms with Crippen LogP contribution in [0.2, 0.25) is 16.6 Å². The normalized spacial score (nSPS) is 19.2. The van der Waals surface area contributed by atoms with E-state index < -0.39 is 43.1 Å². The van der Waals surface area contributed by atoms with E-state index in [9.17, 15) is 9.59 Å². The van der Waals surface area contributed by atoms with Gasteiger partial charge < -0.3 is 23.8 Å². The van der Waals surface area contributed by atoms with Crippen molar-refractivity contribution in [3.05, 3.63) is 51.9 Å². The third-order valence-electron chi connectivity index (χ3n) is 12.1.